The molecule has 1 aromatic heterocycles. The van der Waals surface area contributed by atoms with Crippen molar-refractivity contribution in [3.8, 4) is 0 Å². The number of esters is 1. The van der Waals surface area contributed by atoms with E-state index in [1.54, 1.807) is 6.07 Å². The molecule has 100 valence electrons. The number of carbonyl (C=O) groups is 1. The predicted molar refractivity (Wildman–Crippen MR) is 76.8 cm³/mol. The van der Waals surface area contributed by atoms with Crippen LogP contribution >= 0.6 is 15.9 Å². The van der Waals surface area contributed by atoms with E-state index in [1.165, 1.54) is 12.7 Å². The molecule has 0 fully saturated rings. The molecule has 0 saturated carbocycles. The molecule has 0 aliphatic heterocycles. The van der Waals surface area contributed by atoms with Crippen molar-refractivity contribution in [2.24, 2.45) is 0 Å². The van der Waals surface area contributed by atoms with Gasteiger partial charge in [0.05, 0.1) is 7.11 Å². The second-order valence-corrected chi connectivity index (χ2v) is 5.03. The zero-order valence-corrected chi connectivity index (χ0v) is 12.2. The number of ether oxygens (including phenoxy) is 1. The van der Waals surface area contributed by atoms with Crippen LogP contribution < -0.4 is 5.32 Å². The quantitative estimate of drug-likeness (QED) is 0.832. The third kappa shape index (κ3) is 3.94. The number of benzene rings is 1. The molecule has 0 atom stereocenters. The highest BCUT2D eigenvalue weighted by Gasteiger charge is 2.07. The van der Waals surface area contributed by atoms with Crippen molar-refractivity contribution >= 4 is 21.9 Å². The molecule has 5 heteroatoms. The fourth-order valence-corrected chi connectivity index (χ4v) is 1.98. The van der Waals surface area contributed by atoms with E-state index in [1.807, 2.05) is 18.2 Å². The second-order valence-electron chi connectivity index (χ2n) is 4.12. The Kier molecular flexibility index (Phi) is 4.76. The van der Waals surface area contributed by atoms with Gasteiger partial charge in [-0.15, -0.1) is 0 Å². The van der Waals surface area contributed by atoms with Gasteiger partial charge >= 0.3 is 5.97 Å². The fourth-order valence-electron chi connectivity index (χ4n) is 1.72. The number of H-pyrrole nitrogens is 1. The van der Waals surface area contributed by atoms with E-state index in [2.05, 4.69) is 43.1 Å². The van der Waals surface area contributed by atoms with Gasteiger partial charge in [-0.25, -0.2) is 4.79 Å². The van der Waals surface area contributed by atoms with E-state index in [4.69, 9.17) is 0 Å². The average molecular weight is 323 g/mol. The SMILES string of the molecule is COC(=O)c1ccc(CNCc2ccc(Br)cc2)[nH]1. The number of carbonyl (C=O) groups excluding carboxylic acids is 1. The van der Waals surface area contributed by atoms with Crippen LogP contribution in [-0.4, -0.2) is 18.1 Å². The van der Waals surface area contributed by atoms with Gasteiger partial charge in [0.1, 0.15) is 5.69 Å². The number of nitrogens with one attached hydrogen (secondary N) is 2. The Hall–Kier alpha value is -1.59. The maximum atomic E-state index is 11.3. The maximum Gasteiger partial charge on any atom is 0.354 e. The second kappa shape index (κ2) is 6.54. The smallest absolute Gasteiger partial charge is 0.354 e. The molecule has 1 heterocycles. The summed E-state index contributed by atoms with van der Waals surface area (Å²) in [5, 5.41) is 3.31. The van der Waals surface area contributed by atoms with Crippen LogP contribution in [0.2, 0.25) is 0 Å². The molecule has 2 rings (SSSR count). The Morgan fingerprint density at radius 3 is 2.63 bits per heavy atom. The summed E-state index contributed by atoms with van der Waals surface area (Å²) in [5.74, 6) is -0.348. The minimum Gasteiger partial charge on any atom is -0.464 e. The summed E-state index contributed by atoms with van der Waals surface area (Å²) in [6.07, 6.45) is 0. The lowest BCUT2D eigenvalue weighted by atomic mass is 10.2. The minimum absolute atomic E-state index is 0.348. The molecule has 0 bridgehead atoms. The van der Waals surface area contributed by atoms with Gasteiger partial charge in [0.25, 0.3) is 0 Å². The van der Waals surface area contributed by atoms with Gasteiger partial charge in [0, 0.05) is 23.3 Å². The zero-order chi connectivity index (χ0) is 13.7. The normalized spacial score (nSPS) is 10.4. The van der Waals surface area contributed by atoms with Crippen molar-refractivity contribution in [3.05, 3.63) is 57.8 Å². The maximum absolute atomic E-state index is 11.3. The molecule has 4 nitrogen and oxygen atoms in total. The Morgan fingerprint density at radius 1 is 1.21 bits per heavy atom. The number of hydrogen-bond donors (Lipinski definition) is 2. The Balaban J connectivity index is 1.84. The third-order valence-electron chi connectivity index (χ3n) is 2.71. The number of halogens is 1. The van der Waals surface area contributed by atoms with Crippen LogP contribution in [0.15, 0.2) is 40.9 Å². The third-order valence-corrected chi connectivity index (χ3v) is 3.24. The summed E-state index contributed by atoms with van der Waals surface area (Å²) in [6.45, 7) is 1.45. The highest BCUT2D eigenvalue weighted by Crippen LogP contribution is 2.10. The van der Waals surface area contributed by atoms with Crippen LogP contribution in [0, 0.1) is 0 Å². The molecular weight excluding hydrogens is 308 g/mol. The Bertz CT molecular complexity index is 549. The summed E-state index contributed by atoms with van der Waals surface area (Å²) in [6, 6.07) is 11.8. The fraction of sp³-hybridized carbons (Fsp3) is 0.214. The molecule has 0 unspecified atom stereocenters. The number of hydrogen-bond acceptors (Lipinski definition) is 3. The van der Waals surface area contributed by atoms with Gasteiger partial charge in [0.2, 0.25) is 0 Å². The van der Waals surface area contributed by atoms with Crippen LogP contribution in [-0.2, 0) is 17.8 Å². The van der Waals surface area contributed by atoms with Crippen molar-refractivity contribution in [1.82, 2.24) is 10.3 Å². The first-order valence-corrected chi connectivity index (χ1v) is 6.69. The molecule has 0 aliphatic rings. The molecule has 0 radical (unpaired) electrons. The van der Waals surface area contributed by atoms with Crippen LogP contribution in [0.3, 0.4) is 0 Å². The largest absolute Gasteiger partial charge is 0.464 e. The molecular formula is C14H15BrN2O2. The van der Waals surface area contributed by atoms with Gasteiger partial charge in [-0.3, -0.25) is 0 Å². The predicted octanol–water partition coefficient (Wildman–Crippen LogP) is 2.85. The summed E-state index contributed by atoms with van der Waals surface area (Å²) in [7, 11) is 1.37. The molecule has 2 aromatic rings. The molecule has 0 aliphatic carbocycles. The summed E-state index contributed by atoms with van der Waals surface area (Å²) in [5.41, 5.74) is 2.64. The van der Waals surface area contributed by atoms with Crippen LogP contribution in [0.5, 0.6) is 0 Å². The van der Waals surface area contributed by atoms with E-state index in [0.717, 1.165) is 16.7 Å². The van der Waals surface area contributed by atoms with Crippen molar-refractivity contribution in [2.45, 2.75) is 13.1 Å². The highest BCUT2D eigenvalue weighted by molar-refractivity contribution is 9.10. The molecule has 1 aromatic carbocycles. The number of aromatic nitrogens is 1. The highest BCUT2D eigenvalue weighted by atomic mass is 79.9. The lowest BCUT2D eigenvalue weighted by Gasteiger charge is -2.04. The van der Waals surface area contributed by atoms with Gasteiger partial charge < -0.3 is 15.0 Å². The van der Waals surface area contributed by atoms with Crippen LogP contribution in [0.1, 0.15) is 21.7 Å². The number of rotatable bonds is 5. The molecule has 2 N–H and O–H groups in total. The Morgan fingerprint density at radius 2 is 1.95 bits per heavy atom. The van der Waals surface area contributed by atoms with Crippen LogP contribution in [0.4, 0.5) is 0 Å². The van der Waals surface area contributed by atoms with E-state index >= 15 is 0 Å². The number of aromatic amines is 1. The first-order chi connectivity index (χ1) is 9.19. The molecule has 19 heavy (non-hydrogen) atoms. The molecule has 0 saturated heterocycles. The summed E-state index contributed by atoms with van der Waals surface area (Å²) < 4.78 is 5.71. The first kappa shape index (κ1) is 13.8. The topological polar surface area (TPSA) is 54.1 Å². The van der Waals surface area contributed by atoms with Gasteiger partial charge in [-0.2, -0.15) is 0 Å². The average Bonchev–Trinajstić information content (AvgIpc) is 2.89. The lowest BCUT2D eigenvalue weighted by Crippen LogP contribution is -2.13. The van der Waals surface area contributed by atoms with E-state index < -0.39 is 0 Å². The van der Waals surface area contributed by atoms with Gasteiger partial charge in [0.15, 0.2) is 0 Å². The summed E-state index contributed by atoms with van der Waals surface area (Å²) in [4.78, 5) is 14.3. The monoisotopic (exact) mass is 322 g/mol. The minimum atomic E-state index is -0.348. The van der Waals surface area contributed by atoms with Crippen molar-refractivity contribution in [1.29, 1.82) is 0 Å². The summed E-state index contributed by atoms with van der Waals surface area (Å²) >= 11 is 3.40. The van der Waals surface area contributed by atoms with E-state index in [9.17, 15) is 4.79 Å². The van der Waals surface area contributed by atoms with E-state index in [-0.39, 0.29) is 5.97 Å². The number of methoxy groups -OCH3 is 1. The van der Waals surface area contributed by atoms with Crippen molar-refractivity contribution in [2.75, 3.05) is 7.11 Å². The Labute approximate surface area is 120 Å². The first-order valence-electron chi connectivity index (χ1n) is 5.90. The van der Waals surface area contributed by atoms with E-state index in [0.29, 0.717) is 12.2 Å². The van der Waals surface area contributed by atoms with Gasteiger partial charge in [-0.05, 0) is 29.8 Å². The van der Waals surface area contributed by atoms with Crippen molar-refractivity contribution in [3.63, 3.8) is 0 Å². The molecule has 0 amide bonds. The van der Waals surface area contributed by atoms with Crippen molar-refractivity contribution < 1.29 is 9.53 Å². The molecule has 0 spiro atoms. The van der Waals surface area contributed by atoms with Gasteiger partial charge in [-0.1, -0.05) is 28.1 Å². The zero-order valence-electron chi connectivity index (χ0n) is 10.6. The van der Waals surface area contributed by atoms with Crippen LogP contribution in [0.25, 0.3) is 0 Å². The standard InChI is InChI=1S/C14H15BrN2O2/c1-19-14(18)13-7-6-12(17-13)9-16-8-10-2-4-11(15)5-3-10/h2-7,16-17H,8-9H2,1H3. The lowest BCUT2D eigenvalue weighted by molar-refractivity contribution is 0.0594.